The molecule has 6 heteroatoms. The number of aromatic nitrogens is 1. The molecule has 0 aliphatic heterocycles. The van der Waals surface area contributed by atoms with Gasteiger partial charge in [-0.25, -0.2) is 9.37 Å². The molecule has 3 aromatic rings. The maximum atomic E-state index is 13.6. The zero-order chi connectivity index (χ0) is 18.4. The highest BCUT2D eigenvalue weighted by molar-refractivity contribution is 6.31. The Morgan fingerprint density at radius 1 is 1.00 bits per heavy atom. The molecule has 2 aromatic carbocycles. The van der Waals surface area contributed by atoms with Gasteiger partial charge >= 0.3 is 0 Å². The number of halogens is 2. The summed E-state index contributed by atoms with van der Waals surface area (Å²) < 4.78 is 13.6. The van der Waals surface area contributed by atoms with Gasteiger partial charge in [0.2, 0.25) is 5.91 Å². The number of carbonyl (C=O) groups excluding carboxylic acids is 1. The second-order valence-electron chi connectivity index (χ2n) is 5.69. The van der Waals surface area contributed by atoms with Crippen molar-refractivity contribution in [2.75, 3.05) is 10.6 Å². The molecule has 0 fully saturated rings. The molecule has 0 atom stereocenters. The summed E-state index contributed by atoms with van der Waals surface area (Å²) in [6.07, 6.45) is 1.52. The molecule has 4 nitrogen and oxygen atoms in total. The molecule has 0 unspecified atom stereocenters. The quantitative estimate of drug-likeness (QED) is 0.664. The summed E-state index contributed by atoms with van der Waals surface area (Å²) in [4.78, 5) is 16.3. The first-order chi connectivity index (χ1) is 12.6. The second kappa shape index (κ2) is 8.45. The van der Waals surface area contributed by atoms with E-state index >= 15 is 0 Å². The molecule has 0 saturated carbocycles. The fraction of sp³-hybridized carbons (Fsp3) is 0.100. The molecule has 0 aliphatic carbocycles. The fourth-order valence-corrected chi connectivity index (χ4v) is 2.62. The average Bonchev–Trinajstić information content (AvgIpc) is 2.64. The predicted octanol–water partition coefficient (Wildman–Crippen LogP) is 4.67. The molecule has 1 amide bonds. The molecule has 0 aliphatic rings. The number of amides is 1. The molecule has 3 rings (SSSR count). The van der Waals surface area contributed by atoms with Gasteiger partial charge in [-0.15, -0.1) is 0 Å². The summed E-state index contributed by atoms with van der Waals surface area (Å²) in [5, 5.41) is 6.57. The van der Waals surface area contributed by atoms with Crippen LogP contribution >= 0.6 is 11.6 Å². The first-order valence-electron chi connectivity index (χ1n) is 8.08. The lowest BCUT2D eigenvalue weighted by Crippen LogP contribution is -2.15. The minimum absolute atomic E-state index is 0.0286. The van der Waals surface area contributed by atoms with Crippen molar-refractivity contribution in [1.82, 2.24) is 4.98 Å². The van der Waals surface area contributed by atoms with Gasteiger partial charge in [-0.2, -0.15) is 0 Å². The van der Waals surface area contributed by atoms with Crippen LogP contribution in [0.25, 0.3) is 0 Å². The van der Waals surface area contributed by atoms with Crippen molar-refractivity contribution in [3.8, 4) is 0 Å². The highest BCUT2D eigenvalue weighted by Crippen LogP contribution is 2.17. The number of hydrogen-bond donors (Lipinski definition) is 2. The molecule has 132 valence electrons. The first-order valence-corrected chi connectivity index (χ1v) is 8.46. The van der Waals surface area contributed by atoms with E-state index < -0.39 is 0 Å². The molecular formula is C20H17ClFN3O. The van der Waals surface area contributed by atoms with Gasteiger partial charge in [-0.3, -0.25) is 4.79 Å². The van der Waals surface area contributed by atoms with Gasteiger partial charge in [0.1, 0.15) is 11.6 Å². The smallest absolute Gasteiger partial charge is 0.228 e. The number of benzene rings is 2. The van der Waals surface area contributed by atoms with Crippen molar-refractivity contribution in [3.63, 3.8) is 0 Å². The number of nitrogens with zero attached hydrogens (tertiary/aromatic N) is 1. The summed E-state index contributed by atoms with van der Waals surface area (Å²) >= 11 is 6.12. The molecular weight excluding hydrogens is 353 g/mol. The van der Waals surface area contributed by atoms with Crippen molar-refractivity contribution >= 4 is 29.0 Å². The van der Waals surface area contributed by atoms with Crippen molar-refractivity contribution in [3.05, 3.63) is 88.8 Å². The Morgan fingerprint density at radius 3 is 2.42 bits per heavy atom. The van der Waals surface area contributed by atoms with Gasteiger partial charge < -0.3 is 10.6 Å². The van der Waals surface area contributed by atoms with Crippen molar-refractivity contribution in [2.24, 2.45) is 0 Å². The van der Waals surface area contributed by atoms with Gasteiger partial charge in [0, 0.05) is 11.6 Å². The number of pyridine rings is 1. The third-order valence-corrected chi connectivity index (χ3v) is 4.14. The number of anilines is 2. The van der Waals surface area contributed by atoms with Crippen LogP contribution in [0.2, 0.25) is 5.02 Å². The number of carbonyl (C=O) groups is 1. The Morgan fingerprint density at radius 2 is 1.73 bits per heavy atom. The van der Waals surface area contributed by atoms with Gasteiger partial charge in [0.25, 0.3) is 0 Å². The zero-order valence-electron chi connectivity index (χ0n) is 13.9. The number of rotatable bonds is 6. The Balaban J connectivity index is 1.55. The van der Waals surface area contributed by atoms with Crippen LogP contribution in [-0.2, 0) is 17.8 Å². The minimum Gasteiger partial charge on any atom is -0.366 e. The summed E-state index contributed by atoms with van der Waals surface area (Å²) in [5.74, 6) is -0.0226. The van der Waals surface area contributed by atoms with E-state index in [2.05, 4.69) is 15.6 Å². The van der Waals surface area contributed by atoms with E-state index in [-0.39, 0.29) is 18.1 Å². The van der Waals surface area contributed by atoms with E-state index in [0.717, 1.165) is 5.56 Å². The van der Waals surface area contributed by atoms with Crippen LogP contribution in [0, 0.1) is 5.82 Å². The van der Waals surface area contributed by atoms with E-state index in [1.807, 2.05) is 24.3 Å². The molecule has 1 aromatic heterocycles. The van der Waals surface area contributed by atoms with Crippen LogP contribution in [0.4, 0.5) is 15.9 Å². The number of hydrogen-bond acceptors (Lipinski definition) is 3. The predicted molar refractivity (Wildman–Crippen MR) is 102 cm³/mol. The lowest BCUT2D eigenvalue weighted by molar-refractivity contribution is -0.115. The van der Waals surface area contributed by atoms with Crippen molar-refractivity contribution in [2.45, 2.75) is 13.0 Å². The normalized spacial score (nSPS) is 10.4. The van der Waals surface area contributed by atoms with Crippen molar-refractivity contribution < 1.29 is 9.18 Å². The maximum absolute atomic E-state index is 13.6. The van der Waals surface area contributed by atoms with E-state index in [1.165, 1.54) is 6.07 Å². The molecule has 0 radical (unpaired) electrons. The maximum Gasteiger partial charge on any atom is 0.228 e. The van der Waals surface area contributed by atoms with E-state index in [0.29, 0.717) is 28.6 Å². The molecule has 0 saturated heterocycles. The topological polar surface area (TPSA) is 54.0 Å². The minimum atomic E-state index is -0.389. The highest BCUT2D eigenvalue weighted by atomic mass is 35.5. The summed E-state index contributed by atoms with van der Waals surface area (Å²) in [7, 11) is 0. The number of nitrogens with one attached hydrogen (secondary N) is 2. The summed E-state index contributed by atoms with van der Waals surface area (Å²) in [6, 6.07) is 17.3. The fourth-order valence-electron chi connectivity index (χ4n) is 2.42. The van der Waals surface area contributed by atoms with Crippen molar-refractivity contribution in [1.29, 1.82) is 0 Å². The van der Waals surface area contributed by atoms with Gasteiger partial charge in [-0.05, 0) is 35.4 Å². The molecule has 0 spiro atoms. The third kappa shape index (κ3) is 4.80. The highest BCUT2D eigenvalue weighted by Gasteiger charge is 2.08. The monoisotopic (exact) mass is 369 g/mol. The van der Waals surface area contributed by atoms with Gasteiger partial charge in [-0.1, -0.05) is 48.0 Å². The molecule has 26 heavy (non-hydrogen) atoms. The Labute approximate surface area is 156 Å². The zero-order valence-corrected chi connectivity index (χ0v) is 14.6. The second-order valence-corrected chi connectivity index (χ2v) is 6.10. The van der Waals surface area contributed by atoms with Gasteiger partial charge in [0.05, 0.1) is 18.3 Å². The standard InChI is InChI=1S/C20H17ClFN3O/c21-17-7-3-1-6-15(17)12-23-19-10-9-16(13-24-19)25-20(26)11-14-5-2-4-8-18(14)22/h1-10,13H,11-12H2,(H,23,24)(H,25,26). The first kappa shape index (κ1) is 17.9. The molecule has 0 bridgehead atoms. The molecule has 2 N–H and O–H groups in total. The van der Waals surface area contributed by atoms with Crippen LogP contribution in [0.15, 0.2) is 66.9 Å². The lowest BCUT2D eigenvalue weighted by atomic mass is 10.1. The molecule has 1 heterocycles. The Bertz CT molecular complexity index is 900. The largest absolute Gasteiger partial charge is 0.366 e. The van der Waals surface area contributed by atoms with Crippen LogP contribution < -0.4 is 10.6 Å². The Kier molecular flexibility index (Phi) is 5.81. The average molecular weight is 370 g/mol. The van der Waals surface area contributed by atoms with E-state index in [4.69, 9.17) is 11.6 Å². The van der Waals surface area contributed by atoms with Crippen LogP contribution in [0.1, 0.15) is 11.1 Å². The Hall–Kier alpha value is -2.92. The van der Waals surface area contributed by atoms with Crippen LogP contribution in [0.5, 0.6) is 0 Å². The lowest BCUT2D eigenvalue weighted by Gasteiger charge is -2.09. The summed E-state index contributed by atoms with van der Waals surface area (Å²) in [5.41, 5.74) is 1.88. The summed E-state index contributed by atoms with van der Waals surface area (Å²) in [6.45, 7) is 0.547. The van der Waals surface area contributed by atoms with Crippen LogP contribution in [-0.4, -0.2) is 10.9 Å². The van der Waals surface area contributed by atoms with Crippen LogP contribution in [0.3, 0.4) is 0 Å². The van der Waals surface area contributed by atoms with E-state index in [1.54, 1.807) is 36.5 Å². The third-order valence-electron chi connectivity index (χ3n) is 3.77. The van der Waals surface area contributed by atoms with E-state index in [9.17, 15) is 9.18 Å². The van der Waals surface area contributed by atoms with Gasteiger partial charge in [0.15, 0.2) is 0 Å². The SMILES string of the molecule is O=C(Cc1ccccc1F)Nc1ccc(NCc2ccccc2Cl)nc1.